The highest BCUT2D eigenvalue weighted by Crippen LogP contribution is 2.45. The Labute approximate surface area is 50.3 Å². The van der Waals surface area contributed by atoms with Gasteiger partial charge in [0.1, 0.15) is 0 Å². The van der Waals surface area contributed by atoms with E-state index < -0.39 is 0 Å². The van der Waals surface area contributed by atoms with Crippen LogP contribution in [0.3, 0.4) is 0 Å². The highest BCUT2D eigenvalue weighted by molar-refractivity contribution is 4.94. The Balaban J connectivity index is 2.05. The highest BCUT2D eigenvalue weighted by Gasteiger charge is 2.39. The summed E-state index contributed by atoms with van der Waals surface area (Å²) in [5.41, 5.74) is 5.82. The van der Waals surface area contributed by atoms with E-state index in [9.17, 15) is 0 Å². The molecule has 3 atom stereocenters. The number of hydrogen-bond donors (Lipinski definition) is 1. The fraction of sp³-hybridized carbons (Fsp3) is 1.00. The third kappa shape index (κ3) is 0.455. The van der Waals surface area contributed by atoms with Crippen LogP contribution in [0.15, 0.2) is 0 Å². The van der Waals surface area contributed by atoms with Crippen LogP contribution in [-0.4, -0.2) is 6.04 Å². The van der Waals surface area contributed by atoms with Crippen LogP contribution >= 0.6 is 0 Å². The molecule has 1 nitrogen and oxygen atoms in total. The van der Waals surface area contributed by atoms with Crippen LogP contribution in [0.5, 0.6) is 0 Å². The van der Waals surface area contributed by atoms with Crippen LogP contribution < -0.4 is 5.73 Å². The van der Waals surface area contributed by atoms with E-state index in [0.717, 1.165) is 11.8 Å². The van der Waals surface area contributed by atoms with Crippen molar-refractivity contribution in [2.45, 2.75) is 31.7 Å². The highest BCUT2D eigenvalue weighted by atomic mass is 14.7. The zero-order chi connectivity index (χ0) is 5.56. The molecule has 2 saturated carbocycles. The van der Waals surface area contributed by atoms with Gasteiger partial charge in [0.05, 0.1) is 0 Å². The Morgan fingerprint density at radius 1 is 1.00 bits per heavy atom. The molecule has 0 unspecified atom stereocenters. The molecule has 2 N–H and O–H groups in total. The number of rotatable bonds is 0. The molecule has 0 heterocycles. The summed E-state index contributed by atoms with van der Waals surface area (Å²) in [6.07, 6.45) is 5.62. The number of hydrogen-bond acceptors (Lipinski definition) is 1. The summed E-state index contributed by atoms with van der Waals surface area (Å²) in [5.74, 6) is 1.99. The van der Waals surface area contributed by atoms with Crippen molar-refractivity contribution in [1.82, 2.24) is 0 Å². The van der Waals surface area contributed by atoms with Crippen LogP contribution in [0.25, 0.3) is 0 Å². The SMILES string of the molecule is N[C@@H]1CC[C@@H]2CC[C@@H]21. The molecule has 2 aliphatic rings. The van der Waals surface area contributed by atoms with E-state index in [1.165, 1.54) is 25.7 Å². The second-order valence-electron chi connectivity index (χ2n) is 3.24. The van der Waals surface area contributed by atoms with Gasteiger partial charge < -0.3 is 5.73 Å². The lowest BCUT2D eigenvalue weighted by molar-refractivity contribution is 0.202. The molecule has 0 bridgehead atoms. The van der Waals surface area contributed by atoms with Crippen LogP contribution in [0.4, 0.5) is 0 Å². The van der Waals surface area contributed by atoms with E-state index >= 15 is 0 Å². The molecular weight excluding hydrogens is 98.1 g/mol. The first-order chi connectivity index (χ1) is 3.88. The first-order valence-corrected chi connectivity index (χ1v) is 3.63. The zero-order valence-electron chi connectivity index (χ0n) is 5.14. The summed E-state index contributed by atoms with van der Waals surface area (Å²) in [4.78, 5) is 0. The summed E-state index contributed by atoms with van der Waals surface area (Å²) in [5, 5.41) is 0. The van der Waals surface area contributed by atoms with E-state index in [2.05, 4.69) is 0 Å². The van der Waals surface area contributed by atoms with E-state index in [-0.39, 0.29) is 0 Å². The fourth-order valence-corrected chi connectivity index (χ4v) is 2.14. The zero-order valence-corrected chi connectivity index (χ0v) is 5.14. The van der Waals surface area contributed by atoms with E-state index in [1.54, 1.807) is 0 Å². The predicted octanol–water partition coefficient (Wildman–Crippen LogP) is 1.13. The molecule has 0 aromatic rings. The van der Waals surface area contributed by atoms with E-state index in [4.69, 9.17) is 5.73 Å². The van der Waals surface area contributed by atoms with Crippen LogP contribution in [0.2, 0.25) is 0 Å². The lowest BCUT2D eigenvalue weighted by Gasteiger charge is -2.32. The molecule has 0 aliphatic heterocycles. The third-order valence-electron chi connectivity index (χ3n) is 2.90. The smallest absolute Gasteiger partial charge is 0.00699 e. The average molecular weight is 111 g/mol. The van der Waals surface area contributed by atoms with Gasteiger partial charge in [-0.3, -0.25) is 0 Å². The van der Waals surface area contributed by atoms with Crippen LogP contribution in [0, 0.1) is 11.8 Å². The Hall–Kier alpha value is -0.0400. The van der Waals surface area contributed by atoms with Gasteiger partial charge in [0, 0.05) is 6.04 Å². The van der Waals surface area contributed by atoms with Crippen molar-refractivity contribution >= 4 is 0 Å². The third-order valence-corrected chi connectivity index (χ3v) is 2.90. The van der Waals surface area contributed by atoms with Crippen LogP contribution in [-0.2, 0) is 0 Å². The molecule has 8 heavy (non-hydrogen) atoms. The quantitative estimate of drug-likeness (QED) is 0.498. The second kappa shape index (κ2) is 1.47. The van der Waals surface area contributed by atoms with Crippen LogP contribution in [0.1, 0.15) is 25.7 Å². The van der Waals surface area contributed by atoms with Crippen molar-refractivity contribution in [1.29, 1.82) is 0 Å². The monoisotopic (exact) mass is 111 g/mol. The molecule has 2 rings (SSSR count). The van der Waals surface area contributed by atoms with E-state index in [0.29, 0.717) is 6.04 Å². The first-order valence-electron chi connectivity index (χ1n) is 3.63. The molecule has 1 heteroatoms. The molecule has 0 aromatic heterocycles. The summed E-state index contributed by atoms with van der Waals surface area (Å²) < 4.78 is 0. The summed E-state index contributed by atoms with van der Waals surface area (Å²) in [6, 6.07) is 0.578. The molecule has 46 valence electrons. The van der Waals surface area contributed by atoms with Crippen molar-refractivity contribution in [2.75, 3.05) is 0 Å². The lowest BCUT2D eigenvalue weighted by atomic mass is 9.75. The lowest BCUT2D eigenvalue weighted by Crippen LogP contribution is -2.33. The molecular formula is C7H13N. The molecule has 0 aromatic carbocycles. The number of nitrogens with two attached hydrogens (primary N) is 1. The van der Waals surface area contributed by atoms with Gasteiger partial charge in [-0.25, -0.2) is 0 Å². The van der Waals surface area contributed by atoms with Gasteiger partial charge in [0.25, 0.3) is 0 Å². The van der Waals surface area contributed by atoms with Gasteiger partial charge >= 0.3 is 0 Å². The average Bonchev–Trinajstić information content (AvgIpc) is 1.80. The summed E-state index contributed by atoms with van der Waals surface area (Å²) in [6.45, 7) is 0. The fourth-order valence-electron chi connectivity index (χ4n) is 2.14. The Bertz CT molecular complexity index is 94.6. The van der Waals surface area contributed by atoms with E-state index in [1.807, 2.05) is 0 Å². The summed E-state index contributed by atoms with van der Waals surface area (Å²) >= 11 is 0. The maximum absolute atomic E-state index is 5.82. The molecule has 2 fully saturated rings. The van der Waals surface area contributed by atoms with Gasteiger partial charge in [-0.05, 0) is 37.5 Å². The standard InChI is InChI=1S/C7H13N/c8-7-4-2-5-1-3-6(5)7/h5-7H,1-4,8H2/t5-,6-,7+/m0/s1. The molecule has 2 aliphatic carbocycles. The van der Waals surface area contributed by atoms with Crippen molar-refractivity contribution in [3.8, 4) is 0 Å². The number of fused-ring (bicyclic) bond motifs is 1. The van der Waals surface area contributed by atoms with Gasteiger partial charge in [-0.1, -0.05) is 0 Å². The molecule has 0 spiro atoms. The topological polar surface area (TPSA) is 26.0 Å². The minimum Gasteiger partial charge on any atom is -0.327 e. The molecule has 0 radical (unpaired) electrons. The van der Waals surface area contributed by atoms with Crippen molar-refractivity contribution in [3.63, 3.8) is 0 Å². The Kier molecular flexibility index (Phi) is 0.884. The predicted molar refractivity (Wildman–Crippen MR) is 33.4 cm³/mol. The maximum Gasteiger partial charge on any atom is 0.00699 e. The van der Waals surface area contributed by atoms with Gasteiger partial charge in [-0.2, -0.15) is 0 Å². The van der Waals surface area contributed by atoms with Crippen molar-refractivity contribution in [3.05, 3.63) is 0 Å². The van der Waals surface area contributed by atoms with Gasteiger partial charge in [0.15, 0.2) is 0 Å². The first kappa shape index (κ1) is 4.80. The summed E-state index contributed by atoms with van der Waals surface area (Å²) in [7, 11) is 0. The molecule has 0 saturated heterocycles. The van der Waals surface area contributed by atoms with Gasteiger partial charge in [-0.15, -0.1) is 0 Å². The minimum atomic E-state index is 0.578. The largest absolute Gasteiger partial charge is 0.327 e. The van der Waals surface area contributed by atoms with Crippen molar-refractivity contribution in [2.24, 2.45) is 17.6 Å². The normalized spacial score (nSPS) is 52.9. The Morgan fingerprint density at radius 2 is 1.75 bits per heavy atom. The van der Waals surface area contributed by atoms with Crippen molar-refractivity contribution < 1.29 is 0 Å². The molecule has 0 amide bonds. The Morgan fingerprint density at radius 3 is 2.00 bits per heavy atom. The maximum atomic E-state index is 5.82. The second-order valence-corrected chi connectivity index (χ2v) is 3.24. The van der Waals surface area contributed by atoms with Gasteiger partial charge in [0.2, 0.25) is 0 Å². The minimum absolute atomic E-state index is 0.578.